The number of aromatic nitrogens is 2. The van der Waals surface area contributed by atoms with Crippen LogP contribution < -0.4 is 4.90 Å². The lowest BCUT2D eigenvalue weighted by molar-refractivity contribution is 0.122. The average Bonchev–Trinajstić information content (AvgIpc) is 2.56. The molecule has 0 saturated carbocycles. The quantitative estimate of drug-likeness (QED) is 0.936. The van der Waals surface area contributed by atoms with Gasteiger partial charge in [-0.2, -0.15) is 0 Å². The first-order chi connectivity index (χ1) is 10.7. The van der Waals surface area contributed by atoms with E-state index in [2.05, 4.69) is 9.97 Å². The average molecular weight is 307 g/mol. The van der Waals surface area contributed by atoms with Gasteiger partial charge in [-0.05, 0) is 6.07 Å². The van der Waals surface area contributed by atoms with E-state index in [1.165, 1.54) is 18.5 Å². The Bertz CT molecular complexity index is 659. The number of nitrogens with zero attached hydrogens (tertiary/aromatic N) is 3. The van der Waals surface area contributed by atoms with E-state index in [9.17, 15) is 8.78 Å². The molecule has 0 amide bonds. The summed E-state index contributed by atoms with van der Waals surface area (Å²) in [5.74, 6) is -0.992. The number of benzene rings is 1. The third kappa shape index (κ3) is 2.77. The molecule has 0 spiro atoms. The topological polar surface area (TPSA) is 58.5 Å². The van der Waals surface area contributed by atoms with E-state index >= 15 is 0 Å². The number of aliphatic hydroxyl groups is 1. The van der Waals surface area contributed by atoms with E-state index in [0.29, 0.717) is 32.3 Å². The van der Waals surface area contributed by atoms with Crippen LogP contribution in [-0.4, -0.2) is 41.4 Å². The molecule has 1 aliphatic heterocycles. The summed E-state index contributed by atoms with van der Waals surface area (Å²) in [6.07, 6.45) is 2.78. The maximum atomic E-state index is 14.2. The van der Waals surface area contributed by atoms with Crippen LogP contribution in [0, 0.1) is 11.6 Å². The van der Waals surface area contributed by atoms with E-state index in [1.807, 2.05) is 4.90 Å². The summed E-state index contributed by atoms with van der Waals surface area (Å²) in [5.41, 5.74) is 0.0519. The minimum absolute atomic E-state index is 0.0358. The smallest absolute Gasteiger partial charge is 0.225 e. The van der Waals surface area contributed by atoms with Crippen LogP contribution in [0.5, 0.6) is 0 Å². The summed E-state index contributed by atoms with van der Waals surface area (Å²) >= 11 is 0. The first kappa shape index (κ1) is 14.8. The molecule has 0 radical (unpaired) electrons. The number of hydrogen-bond donors (Lipinski definition) is 1. The van der Waals surface area contributed by atoms with Crippen LogP contribution in [-0.2, 0) is 11.3 Å². The van der Waals surface area contributed by atoms with E-state index in [4.69, 9.17) is 9.84 Å². The van der Waals surface area contributed by atoms with Crippen LogP contribution in [0.15, 0.2) is 24.5 Å². The van der Waals surface area contributed by atoms with Crippen LogP contribution in [0.25, 0.3) is 11.1 Å². The van der Waals surface area contributed by atoms with Gasteiger partial charge in [0.1, 0.15) is 11.6 Å². The molecule has 1 aromatic carbocycles. The Hall–Kier alpha value is -2.12. The Morgan fingerprint density at radius 3 is 2.45 bits per heavy atom. The van der Waals surface area contributed by atoms with Gasteiger partial charge in [0.2, 0.25) is 5.95 Å². The van der Waals surface area contributed by atoms with Crippen LogP contribution in [0.1, 0.15) is 5.56 Å². The number of aliphatic hydroxyl groups excluding tert-OH is 1. The van der Waals surface area contributed by atoms with Crippen LogP contribution in [0.2, 0.25) is 0 Å². The number of ether oxygens (including phenoxy) is 1. The molecule has 1 aliphatic rings. The van der Waals surface area contributed by atoms with Crippen molar-refractivity contribution in [3.63, 3.8) is 0 Å². The Balaban J connectivity index is 1.93. The van der Waals surface area contributed by atoms with E-state index in [0.717, 1.165) is 6.07 Å². The van der Waals surface area contributed by atoms with Crippen LogP contribution in [0.4, 0.5) is 14.7 Å². The van der Waals surface area contributed by atoms with Gasteiger partial charge in [-0.3, -0.25) is 0 Å². The fourth-order valence-electron chi connectivity index (χ4n) is 2.36. The molecule has 22 heavy (non-hydrogen) atoms. The van der Waals surface area contributed by atoms with Crippen molar-refractivity contribution in [2.24, 2.45) is 0 Å². The normalized spacial score (nSPS) is 15.1. The van der Waals surface area contributed by atoms with Gasteiger partial charge < -0.3 is 14.7 Å². The molecule has 5 nitrogen and oxygen atoms in total. The number of hydrogen-bond acceptors (Lipinski definition) is 5. The Kier molecular flexibility index (Phi) is 4.26. The van der Waals surface area contributed by atoms with Crippen LogP contribution >= 0.6 is 0 Å². The number of halogens is 2. The second-order valence-electron chi connectivity index (χ2n) is 4.92. The molecule has 1 saturated heterocycles. The predicted molar refractivity (Wildman–Crippen MR) is 76.3 cm³/mol. The highest BCUT2D eigenvalue weighted by atomic mass is 19.1. The van der Waals surface area contributed by atoms with E-state index in [1.54, 1.807) is 0 Å². The first-order valence-electron chi connectivity index (χ1n) is 6.93. The lowest BCUT2D eigenvalue weighted by Gasteiger charge is -2.26. The molecule has 116 valence electrons. The zero-order valence-corrected chi connectivity index (χ0v) is 11.8. The van der Waals surface area contributed by atoms with Crippen molar-refractivity contribution in [2.45, 2.75) is 6.61 Å². The summed E-state index contributed by atoms with van der Waals surface area (Å²) in [5, 5.41) is 9.08. The number of rotatable bonds is 3. The molecule has 0 aliphatic carbocycles. The highest BCUT2D eigenvalue weighted by Gasteiger charge is 2.18. The van der Waals surface area contributed by atoms with Crippen molar-refractivity contribution in [1.29, 1.82) is 0 Å². The molecule has 3 rings (SSSR count). The van der Waals surface area contributed by atoms with Gasteiger partial charge >= 0.3 is 0 Å². The second-order valence-corrected chi connectivity index (χ2v) is 4.92. The molecular weight excluding hydrogens is 292 g/mol. The summed E-state index contributed by atoms with van der Waals surface area (Å²) in [4.78, 5) is 10.3. The zero-order chi connectivity index (χ0) is 15.5. The zero-order valence-electron chi connectivity index (χ0n) is 11.8. The largest absolute Gasteiger partial charge is 0.392 e. The summed E-state index contributed by atoms with van der Waals surface area (Å²) < 4.78 is 33.3. The van der Waals surface area contributed by atoms with Crippen molar-refractivity contribution in [2.75, 3.05) is 31.2 Å². The number of anilines is 1. The highest BCUT2D eigenvalue weighted by Crippen LogP contribution is 2.28. The third-order valence-electron chi connectivity index (χ3n) is 3.56. The summed E-state index contributed by atoms with van der Waals surface area (Å²) in [6.45, 7) is 2.08. The third-order valence-corrected chi connectivity index (χ3v) is 3.56. The maximum absolute atomic E-state index is 14.2. The molecule has 2 heterocycles. The van der Waals surface area contributed by atoms with Gasteiger partial charge in [0, 0.05) is 36.6 Å². The molecule has 1 aromatic heterocycles. The van der Waals surface area contributed by atoms with Gasteiger partial charge in [0.15, 0.2) is 0 Å². The summed E-state index contributed by atoms with van der Waals surface area (Å²) in [7, 11) is 0. The molecule has 2 aromatic rings. The molecule has 7 heteroatoms. The Morgan fingerprint density at radius 1 is 1.14 bits per heavy atom. The van der Waals surface area contributed by atoms with Crippen molar-refractivity contribution in [3.05, 3.63) is 41.7 Å². The van der Waals surface area contributed by atoms with Gasteiger partial charge in [-0.25, -0.2) is 18.7 Å². The molecule has 0 bridgehead atoms. The summed E-state index contributed by atoms with van der Waals surface area (Å²) in [6, 6.07) is 2.34. The van der Waals surface area contributed by atoms with E-state index < -0.39 is 18.2 Å². The molecule has 0 atom stereocenters. The minimum Gasteiger partial charge on any atom is -0.392 e. The van der Waals surface area contributed by atoms with Gasteiger partial charge in [0.25, 0.3) is 0 Å². The molecule has 0 unspecified atom stereocenters. The van der Waals surface area contributed by atoms with E-state index in [-0.39, 0.29) is 16.7 Å². The second kappa shape index (κ2) is 6.33. The Labute approximate surface area is 126 Å². The fourth-order valence-corrected chi connectivity index (χ4v) is 2.36. The minimum atomic E-state index is -0.787. The predicted octanol–water partition coefficient (Wildman–Crippen LogP) is 1.75. The fraction of sp³-hybridized carbons (Fsp3) is 0.333. The SMILES string of the molecule is OCc1ccc(F)c(-c2cnc(N3CCOCC3)nc2)c1F. The van der Waals surface area contributed by atoms with Crippen molar-refractivity contribution < 1.29 is 18.6 Å². The molecule has 1 N–H and O–H groups in total. The monoisotopic (exact) mass is 307 g/mol. The first-order valence-corrected chi connectivity index (χ1v) is 6.93. The Morgan fingerprint density at radius 2 is 1.82 bits per heavy atom. The van der Waals surface area contributed by atoms with Crippen LogP contribution in [0.3, 0.4) is 0 Å². The van der Waals surface area contributed by atoms with Gasteiger partial charge in [-0.15, -0.1) is 0 Å². The van der Waals surface area contributed by atoms with Crippen molar-refractivity contribution in [1.82, 2.24) is 9.97 Å². The van der Waals surface area contributed by atoms with Gasteiger partial charge in [0.05, 0.1) is 25.4 Å². The lowest BCUT2D eigenvalue weighted by Crippen LogP contribution is -2.37. The van der Waals surface area contributed by atoms with Crippen molar-refractivity contribution in [3.8, 4) is 11.1 Å². The molecular formula is C15H15F2N3O2. The van der Waals surface area contributed by atoms with Crippen molar-refractivity contribution >= 4 is 5.95 Å². The number of morpholine rings is 1. The standard InChI is InChI=1S/C15H15F2N3O2/c16-12-2-1-10(9-21)14(17)13(12)11-7-18-15(19-8-11)20-3-5-22-6-4-20/h1-2,7-8,21H,3-6,9H2. The molecule has 1 fully saturated rings. The van der Waals surface area contributed by atoms with Gasteiger partial charge in [-0.1, -0.05) is 6.07 Å². The lowest BCUT2D eigenvalue weighted by atomic mass is 10.0. The highest BCUT2D eigenvalue weighted by molar-refractivity contribution is 5.64. The maximum Gasteiger partial charge on any atom is 0.225 e.